The van der Waals surface area contributed by atoms with Gasteiger partial charge >= 0.3 is 5.97 Å². The van der Waals surface area contributed by atoms with Crippen molar-refractivity contribution in [2.45, 2.75) is 19.3 Å². The molecular weight excluding hydrogens is 232 g/mol. The maximum absolute atomic E-state index is 11.1. The molecule has 0 bridgehead atoms. The quantitative estimate of drug-likeness (QED) is 0.867. The van der Waals surface area contributed by atoms with E-state index in [1.807, 2.05) is 6.07 Å². The molecule has 0 atom stereocenters. The largest absolute Gasteiger partial charge is 0.477 e. The van der Waals surface area contributed by atoms with Crippen molar-refractivity contribution in [2.24, 2.45) is 0 Å². The zero-order valence-corrected chi connectivity index (χ0v) is 9.91. The molecule has 1 N–H and O–H groups in total. The van der Waals surface area contributed by atoms with E-state index < -0.39 is 5.97 Å². The SMILES string of the molecule is O=C(O)c1cnn2c(N3CCCCC3)ccnc12. The van der Waals surface area contributed by atoms with Gasteiger partial charge in [-0.05, 0) is 25.3 Å². The monoisotopic (exact) mass is 246 g/mol. The van der Waals surface area contributed by atoms with Gasteiger partial charge in [0.2, 0.25) is 0 Å². The summed E-state index contributed by atoms with van der Waals surface area (Å²) in [6.45, 7) is 1.97. The van der Waals surface area contributed by atoms with Crippen LogP contribution in [0.3, 0.4) is 0 Å². The minimum absolute atomic E-state index is 0.147. The first kappa shape index (κ1) is 11.0. The zero-order valence-electron chi connectivity index (χ0n) is 9.91. The molecule has 6 nitrogen and oxygen atoms in total. The molecule has 94 valence electrons. The summed E-state index contributed by atoms with van der Waals surface area (Å²) in [5.74, 6) is -0.0690. The van der Waals surface area contributed by atoms with Crippen molar-refractivity contribution < 1.29 is 9.90 Å². The van der Waals surface area contributed by atoms with Crippen LogP contribution in [-0.2, 0) is 0 Å². The Kier molecular flexibility index (Phi) is 2.62. The highest BCUT2D eigenvalue weighted by Gasteiger charge is 2.18. The van der Waals surface area contributed by atoms with Crippen LogP contribution in [0.2, 0.25) is 0 Å². The third kappa shape index (κ3) is 1.70. The van der Waals surface area contributed by atoms with E-state index in [-0.39, 0.29) is 5.56 Å². The Morgan fingerprint density at radius 1 is 1.28 bits per heavy atom. The van der Waals surface area contributed by atoms with Crippen molar-refractivity contribution in [3.63, 3.8) is 0 Å². The minimum atomic E-state index is -0.992. The second-order valence-corrected chi connectivity index (χ2v) is 4.45. The average molecular weight is 246 g/mol. The molecule has 0 saturated carbocycles. The van der Waals surface area contributed by atoms with Crippen LogP contribution in [0.5, 0.6) is 0 Å². The van der Waals surface area contributed by atoms with Gasteiger partial charge in [0.15, 0.2) is 5.65 Å². The van der Waals surface area contributed by atoms with E-state index in [0.717, 1.165) is 31.7 Å². The molecule has 0 amide bonds. The maximum atomic E-state index is 11.1. The van der Waals surface area contributed by atoms with E-state index >= 15 is 0 Å². The lowest BCUT2D eigenvalue weighted by atomic mass is 10.1. The van der Waals surface area contributed by atoms with Crippen molar-refractivity contribution in [2.75, 3.05) is 18.0 Å². The van der Waals surface area contributed by atoms with Gasteiger partial charge in [0.25, 0.3) is 0 Å². The summed E-state index contributed by atoms with van der Waals surface area (Å²) in [5, 5.41) is 13.2. The predicted molar refractivity (Wildman–Crippen MR) is 66.0 cm³/mol. The zero-order chi connectivity index (χ0) is 12.5. The summed E-state index contributed by atoms with van der Waals surface area (Å²) in [6.07, 6.45) is 6.59. The third-order valence-corrected chi connectivity index (χ3v) is 3.29. The lowest BCUT2D eigenvalue weighted by Crippen LogP contribution is -2.31. The van der Waals surface area contributed by atoms with Gasteiger partial charge in [-0.2, -0.15) is 9.61 Å². The average Bonchev–Trinajstić information content (AvgIpc) is 2.83. The van der Waals surface area contributed by atoms with Crippen LogP contribution in [0.25, 0.3) is 5.65 Å². The molecule has 1 aliphatic rings. The molecule has 6 heteroatoms. The molecular formula is C12H14N4O2. The van der Waals surface area contributed by atoms with Gasteiger partial charge in [-0.1, -0.05) is 0 Å². The second-order valence-electron chi connectivity index (χ2n) is 4.45. The molecule has 2 aromatic heterocycles. The number of rotatable bonds is 2. The molecule has 18 heavy (non-hydrogen) atoms. The first-order chi connectivity index (χ1) is 8.77. The van der Waals surface area contributed by atoms with Crippen LogP contribution in [0.1, 0.15) is 29.6 Å². The lowest BCUT2D eigenvalue weighted by molar-refractivity contribution is 0.0699. The highest BCUT2D eigenvalue weighted by molar-refractivity contribution is 5.94. The molecule has 3 rings (SSSR count). The summed E-state index contributed by atoms with van der Waals surface area (Å²) in [6, 6.07) is 1.89. The van der Waals surface area contributed by atoms with E-state index in [2.05, 4.69) is 15.0 Å². The number of aromatic nitrogens is 3. The molecule has 0 unspecified atom stereocenters. The molecule has 0 aliphatic carbocycles. The number of carboxylic acids is 1. The number of aromatic carboxylic acids is 1. The number of carboxylic acid groups (broad SMARTS) is 1. The summed E-state index contributed by atoms with van der Waals surface area (Å²) >= 11 is 0. The minimum Gasteiger partial charge on any atom is -0.477 e. The molecule has 2 aromatic rings. The first-order valence-corrected chi connectivity index (χ1v) is 6.08. The molecule has 0 radical (unpaired) electrons. The van der Waals surface area contributed by atoms with E-state index in [4.69, 9.17) is 5.11 Å². The van der Waals surface area contributed by atoms with Crippen molar-refractivity contribution in [3.8, 4) is 0 Å². The van der Waals surface area contributed by atoms with E-state index in [0.29, 0.717) is 5.65 Å². The fraction of sp³-hybridized carbons (Fsp3) is 0.417. The van der Waals surface area contributed by atoms with Crippen LogP contribution >= 0.6 is 0 Å². The van der Waals surface area contributed by atoms with Gasteiger partial charge in [-0.3, -0.25) is 0 Å². The maximum Gasteiger partial charge on any atom is 0.341 e. The predicted octanol–water partition coefficient (Wildman–Crippen LogP) is 1.42. The normalized spacial score (nSPS) is 16.1. The van der Waals surface area contributed by atoms with E-state index in [1.165, 1.54) is 12.6 Å². The number of carbonyl (C=O) groups is 1. The Balaban J connectivity index is 2.09. The first-order valence-electron chi connectivity index (χ1n) is 6.08. The van der Waals surface area contributed by atoms with Crippen molar-refractivity contribution in [1.82, 2.24) is 14.6 Å². The van der Waals surface area contributed by atoms with Crippen LogP contribution in [-0.4, -0.2) is 38.8 Å². The number of nitrogens with zero attached hydrogens (tertiary/aromatic N) is 4. The number of anilines is 1. The highest BCUT2D eigenvalue weighted by Crippen LogP contribution is 2.21. The Morgan fingerprint density at radius 3 is 2.78 bits per heavy atom. The molecule has 1 saturated heterocycles. The van der Waals surface area contributed by atoms with Crippen molar-refractivity contribution >= 4 is 17.4 Å². The summed E-state index contributed by atoms with van der Waals surface area (Å²) in [4.78, 5) is 17.4. The molecule has 1 fully saturated rings. The van der Waals surface area contributed by atoms with Crippen molar-refractivity contribution in [3.05, 3.63) is 24.0 Å². The van der Waals surface area contributed by atoms with Crippen molar-refractivity contribution in [1.29, 1.82) is 0 Å². The molecule has 1 aliphatic heterocycles. The fourth-order valence-corrected chi connectivity index (χ4v) is 2.39. The van der Waals surface area contributed by atoms with Crippen LogP contribution in [0.15, 0.2) is 18.5 Å². The van der Waals surface area contributed by atoms with Crippen LogP contribution in [0.4, 0.5) is 5.82 Å². The third-order valence-electron chi connectivity index (χ3n) is 3.29. The molecule has 0 spiro atoms. The van der Waals surface area contributed by atoms with Crippen LogP contribution in [0, 0.1) is 0 Å². The van der Waals surface area contributed by atoms with Gasteiger partial charge in [-0.25, -0.2) is 9.78 Å². The van der Waals surface area contributed by atoms with Gasteiger partial charge in [-0.15, -0.1) is 0 Å². The highest BCUT2D eigenvalue weighted by atomic mass is 16.4. The van der Waals surface area contributed by atoms with E-state index in [9.17, 15) is 4.79 Å². The Morgan fingerprint density at radius 2 is 2.06 bits per heavy atom. The van der Waals surface area contributed by atoms with E-state index in [1.54, 1.807) is 10.7 Å². The number of hydrogen-bond acceptors (Lipinski definition) is 4. The standard InChI is InChI=1S/C12H14N4O2/c17-12(18)9-8-14-16-10(4-5-13-11(9)16)15-6-2-1-3-7-15/h4-5,8H,1-3,6-7H2,(H,17,18). The lowest BCUT2D eigenvalue weighted by Gasteiger charge is -2.28. The molecule has 3 heterocycles. The summed E-state index contributed by atoms with van der Waals surface area (Å²) in [5.41, 5.74) is 0.555. The summed E-state index contributed by atoms with van der Waals surface area (Å²) < 4.78 is 1.62. The molecule has 0 aromatic carbocycles. The van der Waals surface area contributed by atoms with Gasteiger partial charge in [0, 0.05) is 19.3 Å². The Labute approximate surface area is 104 Å². The van der Waals surface area contributed by atoms with Gasteiger partial charge in [0.1, 0.15) is 11.4 Å². The van der Waals surface area contributed by atoms with Gasteiger partial charge in [0.05, 0.1) is 6.20 Å². The summed E-state index contributed by atoms with van der Waals surface area (Å²) in [7, 11) is 0. The smallest absolute Gasteiger partial charge is 0.341 e. The topological polar surface area (TPSA) is 70.7 Å². The van der Waals surface area contributed by atoms with Crippen LogP contribution < -0.4 is 4.90 Å². The number of piperidine rings is 1. The number of fused-ring (bicyclic) bond motifs is 1. The fourth-order valence-electron chi connectivity index (χ4n) is 2.39. The van der Waals surface area contributed by atoms with Gasteiger partial charge < -0.3 is 10.0 Å². The Hall–Kier alpha value is -2.11. The second kappa shape index (κ2) is 4.29. The number of hydrogen-bond donors (Lipinski definition) is 1. The Bertz CT molecular complexity index is 587.